The van der Waals surface area contributed by atoms with Gasteiger partial charge < -0.3 is 0 Å². The molecule has 4 rings (SSSR count). The molecule has 0 aromatic heterocycles. The molecule has 23 heavy (non-hydrogen) atoms. The number of benzene rings is 2. The third kappa shape index (κ3) is 2.57. The van der Waals surface area contributed by atoms with Crippen LogP contribution >= 0.6 is 0 Å². The first kappa shape index (κ1) is 13.9. The fourth-order valence-corrected chi connectivity index (χ4v) is 3.03. The van der Waals surface area contributed by atoms with Gasteiger partial charge in [-0.15, -0.1) is 0 Å². The molecule has 2 aromatic rings. The maximum Gasteiger partial charge on any atom is 0.149 e. The Balaban J connectivity index is 1.72. The number of hydrazone groups is 1. The summed E-state index contributed by atoms with van der Waals surface area (Å²) < 4.78 is 0. The molecule has 2 atom stereocenters. The summed E-state index contributed by atoms with van der Waals surface area (Å²) in [6.45, 7) is 0. The van der Waals surface area contributed by atoms with Gasteiger partial charge in [-0.1, -0.05) is 60.7 Å². The lowest BCUT2D eigenvalue weighted by molar-refractivity contribution is -0.129. The average molecular weight is 303 g/mol. The van der Waals surface area contributed by atoms with E-state index in [0.29, 0.717) is 6.42 Å². The molecule has 2 aliphatic rings. The topological polar surface area (TPSA) is 53.8 Å². The molecule has 2 unspecified atom stereocenters. The number of aliphatic imine (C=N–C) groups is 1. The van der Waals surface area contributed by atoms with Gasteiger partial charge in [-0.05, 0) is 12.0 Å². The number of nitrogens with zero attached hydrogens (tertiary/aromatic N) is 2. The first-order valence-electron chi connectivity index (χ1n) is 7.88. The van der Waals surface area contributed by atoms with E-state index in [-0.39, 0.29) is 17.7 Å². The minimum atomic E-state index is -0.199. The molecule has 1 N–H and O–H groups in total. The number of carbonyl (C=O) groups excluding carboxylic acids is 1. The first-order valence-corrected chi connectivity index (χ1v) is 7.88. The molecule has 1 heterocycles. The van der Waals surface area contributed by atoms with E-state index in [1.807, 2.05) is 60.7 Å². The standard InChI is InChI=1S/C19H17N3O/c23-16-12-11-15(16)18-17(13-7-3-1-4-8-13)21-22-19(20-18)14-9-5-2-6-10-14/h1-10,15,18H,11-12H2,(H,20,22). The zero-order valence-corrected chi connectivity index (χ0v) is 12.6. The molecule has 0 spiro atoms. The Kier molecular flexibility index (Phi) is 3.50. The van der Waals surface area contributed by atoms with Crippen molar-refractivity contribution in [3.63, 3.8) is 0 Å². The third-order valence-corrected chi connectivity index (χ3v) is 4.44. The van der Waals surface area contributed by atoms with Gasteiger partial charge in [-0.2, -0.15) is 5.10 Å². The van der Waals surface area contributed by atoms with Gasteiger partial charge in [-0.25, -0.2) is 0 Å². The highest BCUT2D eigenvalue weighted by molar-refractivity contribution is 6.12. The molecule has 1 aliphatic carbocycles. The second-order valence-electron chi connectivity index (χ2n) is 5.87. The number of ketones is 1. The molecule has 0 radical (unpaired) electrons. The van der Waals surface area contributed by atoms with E-state index in [1.165, 1.54) is 0 Å². The van der Waals surface area contributed by atoms with Gasteiger partial charge in [0.05, 0.1) is 5.71 Å². The maximum absolute atomic E-state index is 12.0. The lowest BCUT2D eigenvalue weighted by Crippen LogP contribution is -2.45. The van der Waals surface area contributed by atoms with Crippen molar-refractivity contribution in [2.45, 2.75) is 18.9 Å². The zero-order valence-electron chi connectivity index (χ0n) is 12.6. The van der Waals surface area contributed by atoms with Crippen LogP contribution in [0, 0.1) is 5.92 Å². The molecular formula is C19H17N3O. The Hall–Kier alpha value is -2.75. The highest BCUT2D eigenvalue weighted by Gasteiger charge is 2.40. The summed E-state index contributed by atoms with van der Waals surface area (Å²) in [4.78, 5) is 16.8. The van der Waals surface area contributed by atoms with Gasteiger partial charge in [0.15, 0.2) is 0 Å². The van der Waals surface area contributed by atoms with E-state index in [4.69, 9.17) is 4.99 Å². The largest absolute Gasteiger partial charge is 0.299 e. The third-order valence-electron chi connectivity index (χ3n) is 4.44. The maximum atomic E-state index is 12.0. The number of amidine groups is 1. The molecule has 1 aliphatic heterocycles. The first-order chi connectivity index (χ1) is 11.3. The SMILES string of the molecule is O=C1CCC1C1N=C(c2ccccc2)NN=C1c1ccccc1. The Morgan fingerprint density at radius 2 is 1.57 bits per heavy atom. The van der Waals surface area contributed by atoms with E-state index in [0.717, 1.165) is 29.1 Å². The van der Waals surface area contributed by atoms with Gasteiger partial charge in [0.1, 0.15) is 17.7 Å². The van der Waals surface area contributed by atoms with Crippen molar-refractivity contribution in [3.8, 4) is 0 Å². The van der Waals surface area contributed by atoms with Crippen molar-refractivity contribution in [2.24, 2.45) is 16.0 Å². The second kappa shape index (κ2) is 5.80. The van der Waals surface area contributed by atoms with E-state index >= 15 is 0 Å². The van der Waals surface area contributed by atoms with Crippen LogP contribution in [0.2, 0.25) is 0 Å². The van der Waals surface area contributed by atoms with E-state index in [9.17, 15) is 4.79 Å². The molecule has 2 aromatic carbocycles. The van der Waals surface area contributed by atoms with Crippen molar-refractivity contribution in [1.29, 1.82) is 0 Å². The summed E-state index contributed by atoms with van der Waals surface area (Å²) >= 11 is 0. The lowest BCUT2D eigenvalue weighted by atomic mass is 9.75. The predicted molar refractivity (Wildman–Crippen MR) is 90.6 cm³/mol. The highest BCUT2D eigenvalue weighted by Crippen LogP contribution is 2.31. The van der Waals surface area contributed by atoms with Crippen LogP contribution in [0.4, 0.5) is 0 Å². The Morgan fingerprint density at radius 3 is 2.13 bits per heavy atom. The molecule has 0 bridgehead atoms. The smallest absolute Gasteiger partial charge is 0.149 e. The molecule has 4 heteroatoms. The summed E-state index contributed by atoms with van der Waals surface area (Å²) in [7, 11) is 0. The molecular weight excluding hydrogens is 286 g/mol. The summed E-state index contributed by atoms with van der Waals surface area (Å²) in [5.41, 5.74) is 5.91. The summed E-state index contributed by atoms with van der Waals surface area (Å²) in [6.07, 6.45) is 1.55. The van der Waals surface area contributed by atoms with Crippen LogP contribution in [0.3, 0.4) is 0 Å². The van der Waals surface area contributed by atoms with E-state index in [2.05, 4.69) is 10.5 Å². The number of Topliss-reactive ketones (excluding diaryl/α,β-unsaturated/α-hetero) is 1. The predicted octanol–water partition coefficient (Wildman–Crippen LogP) is 2.79. The summed E-state index contributed by atoms with van der Waals surface area (Å²) in [5.74, 6) is 0.974. The van der Waals surface area contributed by atoms with Crippen LogP contribution in [0.15, 0.2) is 70.8 Å². The van der Waals surface area contributed by atoms with Crippen molar-refractivity contribution in [2.75, 3.05) is 0 Å². The van der Waals surface area contributed by atoms with Gasteiger partial charge >= 0.3 is 0 Å². The number of hydrogen-bond acceptors (Lipinski definition) is 4. The van der Waals surface area contributed by atoms with Crippen LogP contribution in [0.5, 0.6) is 0 Å². The summed E-state index contributed by atoms with van der Waals surface area (Å²) in [6, 6.07) is 19.7. The van der Waals surface area contributed by atoms with Crippen LogP contribution in [-0.4, -0.2) is 23.4 Å². The molecule has 1 saturated carbocycles. The number of hydrogen-bond donors (Lipinski definition) is 1. The van der Waals surface area contributed by atoms with Crippen molar-refractivity contribution in [1.82, 2.24) is 5.43 Å². The molecule has 0 saturated heterocycles. The van der Waals surface area contributed by atoms with Gasteiger partial charge in [0.2, 0.25) is 0 Å². The molecule has 114 valence electrons. The number of nitrogens with one attached hydrogen (secondary N) is 1. The Bertz CT molecular complexity index is 781. The average Bonchev–Trinajstić information content (AvgIpc) is 2.62. The van der Waals surface area contributed by atoms with Crippen molar-refractivity contribution in [3.05, 3.63) is 71.8 Å². The van der Waals surface area contributed by atoms with Crippen LogP contribution in [0.1, 0.15) is 24.0 Å². The van der Waals surface area contributed by atoms with Crippen LogP contribution < -0.4 is 5.43 Å². The summed E-state index contributed by atoms with van der Waals surface area (Å²) in [5, 5.41) is 4.56. The molecule has 1 fully saturated rings. The van der Waals surface area contributed by atoms with Crippen LogP contribution in [-0.2, 0) is 4.79 Å². The highest BCUT2D eigenvalue weighted by atomic mass is 16.1. The van der Waals surface area contributed by atoms with E-state index < -0.39 is 0 Å². The molecule has 0 amide bonds. The number of rotatable bonds is 3. The van der Waals surface area contributed by atoms with Gasteiger partial charge in [-0.3, -0.25) is 15.2 Å². The van der Waals surface area contributed by atoms with Crippen molar-refractivity contribution >= 4 is 17.3 Å². The number of carbonyl (C=O) groups is 1. The normalized spacial score (nSPS) is 23.4. The fourth-order valence-electron chi connectivity index (χ4n) is 3.03. The monoisotopic (exact) mass is 303 g/mol. The second-order valence-corrected chi connectivity index (χ2v) is 5.87. The minimum Gasteiger partial charge on any atom is -0.299 e. The van der Waals surface area contributed by atoms with Gasteiger partial charge in [0, 0.05) is 17.9 Å². The Morgan fingerprint density at radius 1 is 0.913 bits per heavy atom. The quantitative estimate of drug-likeness (QED) is 0.948. The van der Waals surface area contributed by atoms with Crippen LogP contribution in [0.25, 0.3) is 0 Å². The molecule has 4 nitrogen and oxygen atoms in total. The lowest BCUT2D eigenvalue weighted by Gasteiger charge is -2.33. The zero-order chi connectivity index (χ0) is 15.6. The van der Waals surface area contributed by atoms with Gasteiger partial charge in [0.25, 0.3) is 0 Å². The minimum absolute atomic E-state index is 0.0465. The Labute approximate surface area is 135 Å². The van der Waals surface area contributed by atoms with E-state index in [1.54, 1.807) is 0 Å². The fraction of sp³-hybridized carbons (Fsp3) is 0.211. The van der Waals surface area contributed by atoms with Crippen molar-refractivity contribution < 1.29 is 4.79 Å².